The van der Waals surface area contributed by atoms with Crippen LogP contribution in [0, 0.1) is 0 Å². The van der Waals surface area contributed by atoms with Crippen molar-refractivity contribution in [1.29, 1.82) is 0 Å². The van der Waals surface area contributed by atoms with Crippen molar-refractivity contribution >= 4 is 11.9 Å². The molecule has 2 rings (SSSR count). The number of esters is 1. The minimum atomic E-state index is -1.15. The molecule has 0 saturated carbocycles. The van der Waals surface area contributed by atoms with Gasteiger partial charge in [-0.2, -0.15) is 0 Å². The number of rotatable bonds is 1. The predicted octanol–water partition coefficient (Wildman–Crippen LogP) is 0.912. The van der Waals surface area contributed by atoms with E-state index in [1.165, 1.54) is 0 Å². The molecule has 72 valence electrons. The average Bonchev–Trinajstić information content (AvgIpc) is 2.16. The lowest BCUT2D eigenvalue weighted by Gasteiger charge is -2.21. The van der Waals surface area contributed by atoms with Crippen LogP contribution in [0.3, 0.4) is 0 Å². The van der Waals surface area contributed by atoms with Crippen LogP contribution in [0.15, 0.2) is 24.3 Å². The van der Waals surface area contributed by atoms with E-state index in [0.717, 1.165) is 5.56 Å². The van der Waals surface area contributed by atoms with Crippen LogP contribution in [-0.2, 0) is 20.7 Å². The molecule has 0 radical (unpaired) electrons. The third-order valence-corrected chi connectivity index (χ3v) is 2.15. The van der Waals surface area contributed by atoms with Crippen LogP contribution < -0.4 is 0 Å². The van der Waals surface area contributed by atoms with Gasteiger partial charge in [-0.15, -0.1) is 0 Å². The molecule has 0 aromatic heterocycles. The van der Waals surface area contributed by atoms with Crippen LogP contribution >= 0.6 is 0 Å². The first-order valence-corrected chi connectivity index (χ1v) is 4.18. The van der Waals surface area contributed by atoms with Crippen molar-refractivity contribution in [3.8, 4) is 0 Å². The van der Waals surface area contributed by atoms with E-state index >= 15 is 0 Å². The molecule has 4 nitrogen and oxygen atoms in total. The number of carbonyl (C=O) groups is 2. The highest BCUT2D eigenvalue weighted by Gasteiger charge is 2.31. The van der Waals surface area contributed by atoms with E-state index in [2.05, 4.69) is 0 Å². The Kier molecular flexibility index (Phi) is 1.96. The zero-order chi connectivity index (χ0) is 10.1. The minimum absolute atomic E-state index is 0.153. The first-order chi connectivity index (χ1) is 6.68. The van der Waals surface area contributed by atoms with Crippen molar-refractivity contribution < 1.29 is 19.4 Å². The molecule has 1 aliphatic heterocycles. The Morgan fingerprint density at radius 1 is 1.43 bits per heavy atom. The van der Waals surface area contributed by atoms with Crippen LogP contribution in [0.25, 0.3) is 0 Å². The first-order valence-electron chi connectivity index (χ1n) is 4.18. The second kappa shape index (κ2) is 3.14. The van der Waals surface area contributed by atoms with Gasteiger partial charge in [0.2, 0.25) is 6.10 Å². The van der Waals surface area contributed by atoms with Crippen LogP contribution in [0.2, 0.25) is 0 Å². The highest BCUT2D eigenvalue weighted by molar-refractivity contribution is 5.84. The summed E-state index contributed by atoms with van der Waals surface area (Å²) >= 11 is 0. The summed E-state index contributed by atoms with van der Waals surface area (Å²) in [5.74, 6) is -1.62. The lowest BCUT2D eigenvalue weighted by molar-refractivity contribution is -0.165. The molecule has 1 aromatic carbocycles. The minimum Gasteiger partial charge on any atom is -0.478 e. The number of carboxylic acid groups (broad SMARTS) is 1. The number of benzene rings is 1. The molecule has 1 aromatic rings. The smallest absolute Gasteiger partial charge is 0.349 e. The van der Waals surface area contributed by atoms with E-state index in [1.807, 2.05) is 0 Å². The largest absolute Gasteiger partial charge is 0.478 e. The van der Waals surface area contributed by atoms with E-state index < -0.39 is 18.0 Å². The fourth-order valence-corrected chi connectivity index (χ4v) is 1.53. The van der Waals surface area contributed by atoms with E-state index in [4.69, 9.17) is 9.84 Å². The molecule has 1 heterocycles. The number of ether oxygens (including phenoxy) is 1. The third-order valence-electron chi connectivity index (χ3n) is 2.15. The second-order valence-corrected chi connectivity index (χ2v) is 3.08. The monoisotopic (exact) mass is 192 g/mol. The standard InChI is InChI=1S/C10H8O4/c11-8-5-6-3-1-2-4-7(6)9(14-8)10(12)13/h1-4,9H,5H2,(H,12,13)/t9-/m0/s1. The highest BCUT2D eigenvalue weighted by atomic mass is 16.6. The van der Waals surface area contributed by atoms with E-state index in [0.29, 0.717) is 5.56 Å². The summed E-state index contributed by atoms with van der Waals surface area (Å²) in [6.07, 6.45) is -0.993. The molecule has 0 amide bonds. The Morgan fingerprint density at radius 2 is 2.14 bits per heavy atom. The fourth-order valence-electron chi connectivity index (χ4n) is 1.53. The van der Waals surface area contributed by atoms with Gasteiger partial charge >= 0.3 is 11.9 Å². The molecule has 14 heavy (non-hydrogen) atoms. The number of hydrogen-bond donors (Lipinski definition) is 1. The van der Waals surface area contributed by atoms with Crippen molar-refractivity contribution in [2.45, 2.75) is 12.5 Å². The van der Waals surface area contributed by atoms with Crippen molar-refractivity contribution in [2.24, 2.45) is 0 Å². The summed E-state index contributed by atoms with van der Waals surface area (Å²) in [6, 6.07) is 6.91. The molecular weight excluding hydrogens is 184 g/mol. The van der Waals surface area contributed by atoms with Gasteiger partial charge in [0, 0.05) is 5.56 Å². The number of aliphatic carboxylic acids is 1. The van der Waals surface area contributed by atoms with Gasteiger partial charge in [0.15, 0.2) is 0 Å². The molecule has 1 atom stereocenters. The maximum Gasteiger partial charge on any atom is 0.349 e. The second-order valence-electron chi connectivity index (χ2n) is 3.08. The lowest BCUT2D eigenvalue weighted by atomic mass is 9.97. The normalized spacial score (nSPS) is 19.7. The van der Waals surface area contributed by atoms with Gasteiger partial charge < -0.3 is 9.84 Å². The number of fused-ring (bicyclic) bond motifs is 1. The number of cyclic esters (lactones) is 1. The van der Waals surface area contributed by atoms with Crippen LogP contribution in [-0.4, -0.2) is 17.0 Å². The van der Waals surface area contributed by atoms with Gasteiger partial charge in [0.1, 0.15) is 0 Å². The zero-order valence-electron chi connectivity index (χ0n) is 7.27. The van der Waals surface area contributed by atoms with Gasteiger partial charge in [-0.25, -0.2) is 4.79 Å². The molecular formula is C10H8O4. The van der Waals surface area contributed by atoms with Crippen LogP contribution in [0.1, 0.15) is 17.2 Å². The molecule has 0 fully saturated rings. The van der Waals surface area contributed by atoms with Crippen LogP contribution in [0.4, 0.5) is 0 Å². The summed E-state index contributed by atoms with van der Waals surface area (Å²) in [4.78, 5) is 21.8. The molecule has 0 saturated heterocycles. The Hall–Kier alpha value is -1.84. The zero-order valence-corrected chi connectivity index (χ0v) is 7.27. The summed E-state index contributed by atoms with van der Waals surface area (Å²) in [5, 5.41) is 8.83. The summed E-state index contributed by atoms with van der Waals surface area (Å²) < 4.78 is 4.74. The number of carboxylic acids is 1. The summed E-state index contributed by atoms with van der Waals surface area (Å²) in [7, 11) is 0. The Bertz CT molecular complexity index is 397. The maximum atomic E-state index is 11.1. The fraction of sp³-hybridized carbons (Fsp3) is 0.200. The summed E-state index contributed by atoms with van der Waals surface area (Å²) in [6.45, 7) is 0. The number of hydrogen-bond acceptors (Lipinski definition) is 3. The first kappa shape index (κ1) is 8.74. The quantitative estimate of drug-likeness (QED) is 0.672. The van der Waals surface area contributed by atoms with E-state index in [1.54, 1.807) is 24.3 Å². The lowest BCUT2D eigenvalue weighted by Crippen LogP contribution is -2.26. The van der Waals surface area contributed by atoms with Gasteiger partial charge in [-0.3, -0.25) is 4.79 Å². The van der Waals surface area contributed by atoms with Crippen molar-refractivity contribution in [2.75, 3.05) is 0 Å². The van der Waals surface area contributed by atoms with Crippen molar-refractivity contribution in [1.82, 2.24) is 0 Å². The van der Waals surface area contributed by atoms with Gasteiger partial charge in [0.05, 0.1) is 6.42 Å². The Balaban J connectivity index is 2.48. The number of carbonyl (C=O) groups excluding carboxylic acids is 1. The van der Waals surface area contributed by atoms with Crippen molar-refractivity contribution in [3.05, 3.63) is 35.4 Å². The molecule has 0 unspecified atom stereocenters. The molecule has 0 spiro atoms. The van der Waals surface area contributed by atoms with Crippen LogP contribution in [0.5, 0.6) is 0 Å². The molecule has 1 aliphatic rings. The highest BCUT2D eigenvalue weighted by Crippen LogP contribution is 2.27. The molecule has 1 N–H and O–H groups in total. The van der Waals surface area contributed by atoms with E-state index in [-0.39, 0.29) is 6.42 Å². The predicted molar refractivity (Wildman–Crippen MR) is 46.6 cm³/mol. The van der Waals surface area contributed by atoms with Gasteiger partial charge in [-0.05, 0) is 5.56 Å². The Labute approximate surface area is 80.1 Å². The SMILES string of the molecule is O=C1Cc2ccccc2[C@@H](C(=O)O)O1. The Morgan fingerprint density at radius 3 is 2.86 bits per heavy atom. The molecule has 0 bridgehead atoms. The third kappa shape index (κ3) is 1.35. The van der Waals surface area contributed by atoms with Gasteiger partial charge in [-0.1, -0.05) is 24.3 Å². The van der Waals surface area contributed by atoms with Crippen molar-refractivity contribution in [3.63, 3.8) is 0 Å². The maximum absolute atomic E-state index is 11.1. The molecule has 4 heteroatoms. The topological polar surface area (TPSA) is 63.6 Å². The average molecular weight is 192 g/mol. The van der Waals surface area contributed by atoms with E-state index in [9.17, 15) is 9.59 Å². The summed E-state index contributed by atoms with van der Waals surface area (Å²) in [5.41, 5.74) is 1.30. The van der Waals surface area contributed by atoms with Gasteiger partial charge in [0.25, 0.3) is 0 Å². The molecule has 0 aliphatic carbocycles.